The highest BCUT2D eigenvalue weighted by molar-refractivity contribution is 6.01. The summed E-state index contributed by atoms with van der Waals surface area (Å²) < 4.78 is 11.9. The summed E-state index contributed by atoms with van der Waals surface area (Å²) in [6.07, 6.45) is 14.5. The van der Waals surface area contributed by atoms with E-state index in [9.17, 15) is 19.2 Å². The van der Waals surface area contributed by atoms with Crippen LogP contribution >= 0.6 is 0 Å². The fraction of sp³-hybridized carbons (Fsp3) is 0.730. The van der Waals surface area contributed by atoms with Gasteiger partial charge in [0.2, 0.25) is 23.6 Å². The molecule has 272 valence electrons. The Morgan fingerprint density at radius 3 is 2.15 bits per heavy atom. The minimum absolute atomic E-state index is 0.0634. The van der Waals surface area contributed by atoms with E-state index in [1.165, 1.54) is 0 Å². The molecular weight excluding hydrogens is 610 g/mol. The number of carbonyl (C=O) groups excluding carboxylic acids is 4. The quantitative estimate of drug-likeness (QED) is 0.200. The van der Waals surface area contributed by atoms with Crippen molar-refractivity contribution in [2.24, 2.45) is 29.4 Å². The van der Waals surface area contributed by atoms with E-state index in [2.05, 4.69) is 36.6 Å². The first-order valence-corrected chi connectivity index (χ1v) is 17.6. The van der Waals surface area contributed by atoms with Crippen LogP contribution in [0, 0.1) is 23.7 Å². The van der Waals surface area contributed by atoms with E-state index < -0.39 is 41.5 Å². The summed E-state index contributed by atoms with van der Waals surface area (Å²) >= 11 is 0. The second-order valence-corrected chi connectivity index (χ2v) is 14.4. The number of carbonyl (C=O) groups is 4. The first kappa shape index (κ1) is 41.3. The number of amides is 4. The zero-order valence-electron chi connectivity index (χ0n) is 31.0. The van der Waals surface area contributed by atoms with Gasteiger partial charge in [0.15, 0.2) is 0 Å². The molecule has 2 rings (SSSR count). The maximum atomic E-state index is 14.1. The lowest BCUT2D eigenvalue weighted by atomic mass is 9.87. The van der Waals surface area contributed by atoms with Gasteiger partial charge in [0.1, 0.15) is 0 Å². The van der Waals surface area contributed by atoms with Gasteiger partial charge in [-0.05, 0) is 57.9 Å². The Labute approximate surface area is 289 Å². The maximum absolute atomic E-state index is 14.1. The fourth-order valence-corrected chi connectivity index (χ4v) is 7.00. The van der Waals surface area contributed by atoms with Gasteiger partial charge >= 0.3 is 0 Å². The van der Waals surface area contributed by atoms with E-state index in [0.717, 1.165) is 25.7 Å². The Morgan fingerprint density at radius 2 is 1.62 bits per heavy atom. The van der Waals surface area contributed by atoms with Crippen molar-refractivity contribution >= 4 is 23.6 Å². The Balaban J connectivity index is 2.19. The molecule has 4 amide bonds. The molecule has 0 unspecified atom stereocenters. The first-order valence-electron chi connectivity index (χ1n) is 17.6. The van der Waals surface area contributed by atoms with Crippen molar-refractivity contribution in [3.63, 3.8) is 0 Å². The molecule has 1 aliphatic carbocycles. The van der Waals surface area contributed by atoms with Gasteiger partial charge in [0.25, 0.3) is 0 Å². The molecule has 11 heteroatoms. The van der Waals surface area contributed by atoms with Crippen LogP contribution in [-0.4, -0.2) is 104 Å². The van der Waals surface area contributed by atoms with Crippen molar-refractivity contribution in [2.45, 2.75) is 116 Å². The molecule has 0 spiro atoms. The molecule has 0 aromatic rings. The number of nitrogens with zero attached hydrogens (tertiary/aromatic N) is 2. The molecule has 0 bridgehead atoms. The monoisotopic (exact) mass is 673 g/mol. The molecule has 1 heterocycles. The molecule has 2 aliphatic rings. The summed E-state index contributed by atoms with van der Waals surface area (Å²) in [5, 5.41) is 5.57. The maximum Gasteiger partial charge on any atom is 0.246 e. The number of hydrogen-bond acceptors (Lipinski definition) is 8. The van der Waals surface area contributed by atoms with E-state index in [-0.39, 0.29) is 48.1 Å². The van der Waals surface area contributed by atoms with E-state index in [0.29, 0.717) is 13.1 Å². The Morgan fingerprint density at radius 1 is 1.00 bits per heavy atom. The summed E-state index contributed by atoms with van der Waals surface area (Å²) in [4.78, 5) is 57.2. The summed E-state index contributed by atoms with van der Waals surface area (Å²) in [6.45, 7) is 14.1. The van der Waals surface area contributed by atoms with Crippen LogP contribution in [0.15, 0.2) is 36.5 Å². The number of likely N-dealkylation sites (tertiary alicyclic amines) is 1. The molecular formula is C37H63N5O6. The van der Waals surface area contributed by atoms with Gasteiger partial charge in [0.05, 0.1) is 42.2 Å². The van der Waals surface area contributed by atoms with Gasteiger partial charge in [-0.1, -0.05) is 77.5 Å². The van der Waals surface area contributed by atoms with Crippen molar-refractivity contribution in [1.82, 2.24) is 20.4 Å². The molecule has 0 radical (unpaired) electrons. The number of ether oxygens (including phenoxy) is 2. The second kappa shape index (κ2) is 19.4. The largest absolute Gasteiger partial charge is 0.379 e. The minimum Gasteiger partial charge on any atom is -0.379 e. The van der Waals surface area contributed by atoms with Gasteiger partial charge in [-0.15, -0.1) is 0 Å². The van der Waals surface area contributed by atoms with Crippen LogP contribution in [0.5, 0.6) is 0 Å². The number of nitrogens with one attached hydrogen (secondary N) is 2. The molecule has 0 aromatic heterocycles. The highest BCUT2D eigenvalue weighted by Crippen LogP contribution is 2.30. The lowest BCUT2D eigenvalue weighted by Gasteiger charge is -2.43. The van der Waals surface area contributed by atoms with Crippen molar-refractivity contribution < 1.29 is 28.7 Å². The first-order chi connectivity index (χ1) is 22.6. The van der Waals surface area contributed by atoms with Crippen LogP contribution in [0.4, 0.5) is 0 Å². The van der Waals surface area contributed by atoms with E-state index >= 15 is 0 Å². The molecule has 4 N–H and O–H groups in total. The van der Waals surface area contributed by atoms with E-state index in [1.807, 2.05) is 61.9 Å². The van der Waals surface area contributed by atoms with Gasteiger partial charge in [0, 0.05) is 33.4 Å². The smallest absolute Gasteiger partial charge is 0.246 e. The third-order valence-corrected chi connectivity index (χ3v) is 9.92. The summed E-state index contributed by atoms with van der Waals surface area (Å²) in [5.74, 6) is -1.43. The normalized spacial score (nSPS) is 20.7. The lowest BCUT2D eigenvalue weighted by Crippen LogP contribution is -2.60. The molecule has 48 heavy (non-hydrogen) atoms. The number of imide groups is 1. The number of hydrogen-bond donors (Lipinski definition) is 3. The molecule has 0 aromatic carbocycles. The van der Waals surface area contributed by atoms with Gasteiger partial charge in [-0.2, -0.15) is 0 Å². The van der Waals surface area contributed by atoms with Crippen LogP contribution in [0.3, 0.4) is 0 Å². The van der Waals surface area contributed by atoms with Crippen LogP contribution in [0.25, 0.3) is 0 Å². The van der Waals surface area contributed by atoms with Crippen molar-refractivity contribution in [3.05, 3.63) is 36.5 Å². The van der Waals surface area contributed by atoms with Crippen LogP contribution in [0.1, 0.15) is 80.6 Å². The van der Waals surface area contributed by atoms with Crippen LogP contribution in [-0.2, 0) is 28.7 Å². The Kier molecular flexibility index (Phi) is 16.7. The molecule has 1 saturated heterocycles. The molecule has 11 nitrogen and oxygen atoms in total. The second-order valence-electron chi connectivity index (χ2n) is 14.4. The van der Waals surface area contributed by atoms with Crippen molar-refractivity contribution in [3.8, 4) is 0 Å². The highest BCUT2D eigenvalue weighted by Gasteiger charge is 2.43. The van der Waals surface area contributed by atoms with Crippen LogP contribution < -0.4 is 16.4 Å². The van der Waals surface area contributed by atoms with Gasteiger partial charge in [-0.3, -0.25) is 29.4 Å². The predicted molar refractivity (Wildman–Crippen MR) is 190 cm³/mol. The third-order valence-electron chi connectivity index (χ3n) is 9.92. The zero-order valence-corrected chi connectivity index (χ0v) is 31.0. The number of rotatable bonds is 18. The average molecular weight is 674 g/mol. The Hall–Kier alpha value is -2.86. The predicted octanol–water partition coefficient (Wildman–Crippen LogP) is 3.59. The molecule has 1 aliphatic heterocycles. The van der Waals surface area contributed by atoms with Gasteiger partial charge < -0.3 is 25.4 Å². The average Bonchev–Trinajstić information content (AvgIpc) is 3.36. The number of likely N-dealkylation sites (N-methyl/N-ethyl adjacent to an activating group) is 1. The van der Waals surface area contributed by atoms with Gasteiger partial charge in [-0.25, -0.2) is 0 Å². The number of allylic oxidation sites excluding steroid dienone is 6. The topological polar surface area (TPSA) is 143 Å². The van der Waals surface area contributed by atoms with Crippen molar-refractivity contribution in [1.29, 1.82) is 0 Å². The zero-order chi connectivity index (χ0) is 36.2. The molecule has 0 saturated carbocycles. The minimum atomic E-state index is -1.21. The van der Waals surface area contributed by atoms with E-state index in [4.69, 9.17) is 15.2 Å². The summed E-state index contributed by atoms with van der Waals surface area (Å²) in [7, 11) is 5.05. The lowest BCUT2D eigenvalue weighted by molar-refractivity contribution is -0.144. The van der Waals surface area contributed by atoms with E-state index in [1.54, 1.807) is 28.1 Å². The van der Waals surface area contributed by atoms with Crippen molar-refractivity contribution in [2.75, 3.05) is 34.4 Å². The highest BCUT2D eigenvalue weighted by atomic mass is 16.5. The summed E-state index contributed by atoms with van der Waals surface area (Å²) in [5.41, 5.74) is 4.74. The molecule has 1 fully saturated rings. The fourth-order valence-electron chi connectivity index (χ4n) is 7.00. The SMILES string of the molecule is CC[C@H](C)[C@@H]([C@@H](CC(=O)N1CCC[C@H]1[C@H](OC)[C@@H](C)C(=O)NCCC1C=CC=CC=C1)OC)N(C)[C@H](C(=O)NC(=O)C(C)(C)N)C(C)C. The summed E-state index contributed by atoms with van der Waals surface area (Å²) in [6, 6.07) is -1.22. The number of methoxy groups -OCH3 is 2. The molecule has 7 atom stereocenters. The number of nitrogens with two attached hydrogens (primary N) is 1. The van der Waals surface area contributed by atoms with Crippen LogP contribution in [0.2, 0.25) is 0 Å². The standard InChI is InChI=1S/C37H63N5O6/c1-11-25(4)32(41(8)31(24(2)3)35(45)40-36(46)37(6,7)38)29(47-9)23-30(43)42-22-16-19-28(42)33(48-10)26(5)34(44)39-21-20-27-17-14-12-13-15-18-27/h12-15,17-18,24-29,31-33H,11,16,19-23,38H2,1-10H3,(H,39,44)(H,40,45,46)/t25-,26+,28-,29+,31-,32-,33+/m0/s1. The third kappa shape index (κ3) is 11.4. The Bertz CT molecular complexity index is 1150.